The molecule has 2 rings (SSSR count). The summed E-state index contributed by atoms with van der Waals surface area (Å²) in [7, 11) is 0. The van der Waals surface area contributed by atoms with Gasteiger partial charge in [0, 0.05) is 25.6 Å². The van der Waals surface area contributed by atoms with E-state index < -0.39 is 0 Å². The van der Waals surface area contributed by atoms with Gasteiger partial charge in [-0.2, -0.15) is 0 Å². The van der Waals surface area contributed by atoms with Gasteiger partial charge in [0.25, 0.3) is 0 Å². The van der Waals surface area contributed by atoms with Gasteiger partial charge in [-0.15, -0.1) is 12.4 Å². The van der Waals surface area contributed by atoms with E-state index in [0.29, 0.717) is 6.04 Å². The van der Waals surface area contributed by atoms with Gasteiger partial charge >= 0.3 is 0 Å². The minimum atomic E-state index is 0. The van der Waals surface area contributed by atoms with Crippen molar-refractivity contribution >= 4 is 18.3 Å². The van der Waals surface area contributed by atoms with Crippen LogP contribution in [0, 0.1) is 5.92 Å². The van der Waals surface area contributed by atoms with Crippen LogP contribution in [0.15, 0.2) is 0 Å². The molecule has 3 nitrogen and oxygen atoms in total. The molecule has 0 unspecified atom stereocenters. The zero-order valence-corrected chi connectivity index (χ0v) is 13.5. The Labute approximate surface area is 130 Å². The summed E-state index contributed by atoms with van der Waals surface area (Å²) in [6, 6.07) is 0.689. The quantitative estimate of drug-likeness (QED) is 0.559. The number of halogens is 1. The van der Waals surface area contributed by atoms with Crippen molar-refractivity contribution in [2.24, 2.45) is 5.92 Å². The molecule has 0 heterocycles. The minimum absolute atomic E-state index is 0. The molecule has 0 aliphatic heterocycles. The molecular formula is C16H31ClN2O. The van der Waals surface area contributed by atoms with Crippen LogP contribution in [-0.4, -0.2) is 25.0 Å². The van der Waals surface area contributed by atoms with Crippen LogP contribution in [0.3, 0.4) is 0 Å². The summed E-state index contributed by atoms with van der Waals surface area (Å²) in [5.41, 5.74) is 0. The molecule has 4 heteroatoms. The number of amides is 1. The Morgan fingerprint density at radius 2 is 1.60 bits per heavy atom. The van der Waals surface area contributed by atoms with Crippen LogP contribution in [0.1, 0.15) is 70.6 Å². The third-order valence-corrected chi connectivity index (χ3v) is 4.74. The standard InChI is InChI=1S/C16H30N2O.ClH/c19-16(11-10-14-6-5-7-14)18-13-12-17-15-8-3-1-2-4-9-15;/h14-15,17H,1-13H2,(H,18,19);1H. The molecule has 0 aromatic carbocycles. The van der Waals surface area contributed by atoms with Gasteiger partial charge in [0.05, 0.1) is 0 Å². The second-order valence-electron chi connectivity index (χ2n) is 6.33. The maximum atomic E-state index is 11.7. The normalized spacial score (nSPS) is 20.6. The monoisotopic (exact) mass is 302 g/mol. The fourth-order valence-electron chi connectivity index (χ4n) is 3.17. The van der Waals surface area contributed by atoms with Crippen molar-refractivity contribution in [3.8, 4) is 0 Å². The Morgan fingerprint density at radius 3 is 2.20 bits per heavy atom. The van der Waals surface area contributed by atoms with Gasteiger partial charge in [-0.1, -0.05) is 44.9 Å². The fraction of sp³-hybridized carbons (Fsp3) is 0.938. The first-order valence-corrected chi connectivity index (χ1v) is 8.34. The van der Waals surface area contributed by atoms with Gasteiger partial charge in [-0.05, 0) is 25.2 Å². The van der Waals surface area contributed by atoms with Gasteiger partial charge in [-0.3, -0.25) is 4.79 Å². The highest BCUT2D eigenvalue weighted by Gasteiger charge is 2.18. The lowest BCUT2D eigenvalue weighted by atomic mass is 9.82. The van der Waals surface area contributed by atoms with Crippen molar-refractivity contribution in [2.45, 2.75) is 76.7 Å². The number of hydrogen-bond donors (Lipinski definition) is 2. The summed E-state index contributed by atoms with van der Waals surface area (Å²) < 4.78 is 0. The Balaban J connectivity index is 0.00000200. The highest BCUT2D eigenvalue weighted by Crippen LogP contribution is 2.30. The fourth-order valence-corrected chi connectivity index (χ4v) is 3.17. The van der Waals surface area contributed by atoms with Crippen molar-refractivity contribution in [1.29, 1.82) is 0 Å². The van der Waals surface area contributed by atoms with Crippen molar-refractivity contribution in [1.82, 2.24) is 10.6 Å². The summed E-state index contributed by atoms with van der Waals surface area (Å²) in [4.78, 5) is 11.7. The number of hydrogen-bond acceptors (Lipinski definition) is 2. The summed E-state index contributed by atoms with van der Waals surface area (Å²) in [5.74, 6) is 1.09. The van der Waals surface area contributed by atoms with Crippen molar-refractivity contribution in [2.75, 3.05) is 13.1 Å². The molecule has 118 valence electrons. The molecule has 2 N–H and O–H groups in total. The molecule has 2 saturated carbocycles. The lowest BCUT2D eigenvalue weighted by Gasteiger charge is -2.24. The first-order chi connectivity index (χ1) is 9.34. The van der Waals surface area contributed by atoms with E-state index in [1.54, 1.807) is 0 Å². The zero-order chi connectivity index (χ0) is 13.3. The minimum Gasteiger partial charge on any atom is -0.355 e. The molecule has 0 spiro atoms. The Hall–Kier alpha value is -0.280. The van der Waals surface area contributed by atoms with Crippen LogP contribution in [0.5, 0.6) is 0 Å². The third kappa shape index (κ3) is 6.94. The largest absolute Gasteiger partial charge is 0.355 e. The summed E-state index contributed by atoms with van der Waals surface area (Å²) in [5, 5.41) is 6.63. The topological polar surface area (TPSA) is 41.1 Å². The molecule has 0 atom stereocenters. The van der Waals surface area contributed by atoms with E-state index in [0.717, 1.165) is 31.8 Å². The smallest absolute Gasteiger partial charge is 0.220 e. The van der Waals surface area contributed by atoms with Crippen molar-refractivity contribution in [3.05, 3.63) is 0 Å². The molecule has 0 saturated heterocycles. The van der Waals surface area contributed by atoms with E-state index in [-0.39, 0.29) is 18.3 Å². The average molecular weight is 303 g/mol. The summed E-state index contributed by atoms with van der Waals surface area (Å²) >= 11 is 0. The molecule has 1 amide bonds. The molecule has 2 fully saturated rings. The van der Waals surface area contributed by atoms with Crippen LogP contribution < -0.4 is 10.6 Å². The van der Waals surface area contributed by atoms with Gasteiger partial charge in [0.15, 0.2) is 0 Å². The van der Waals surface area contributed by atoms with E-state index in [2.05, 4.69) is 10.6 Å². The van der Waals surface area contributed by atoms with Gasteiger partial charge in [0.2, 0.25) is 5.91 Å². The second-order valence-corrected chi connectivity index (χ2v) is 6.33. The molecular weight excluding hydrogens is 272 g/mol. The zero-order valence-electron chi connectivity index (χ0n) is 12.7. The number of carbonyl (C=O) groups is 1. The lowest BCUT2D eigenvalue weighted by molar-refractivity contribution is -0.121. The molecule has 0 aromatic rings. The molecule has 2 aliphatic carbocycles. The molecule has 20 heavy (non-hydrogen) atoms. The Bertz CT molecular complexity index is 261. The van der Waals surface area contributed by atoms with Gasteiger partial charge < -0.3 is 10.6 Å². The molecule has 0 radical (unpaired) electrons. The number of rotatable bonds is 7. The van der Waals surface area contributed by atoms with Crippen LogP contribution in [-0.2, 0) is 4.79 Å². The van der Waals surface area contributed by atoms with E-state index in [9.17, 15) is 4.79 Å². The first kappa shape index (κ1) is 17.8. The highest BCUT2D eigenvalue weighted by atomic mass is 35.5. The second kappa shape index (κ2) is 10.4. The number of carbonyl (C=O) groups excluding carboxylic acids is 1. The van der Waals surface area contributed by atoms with E-state index >= 15 is 0 Å². The SMILES string of the molecule is Cl.O=C(CCC1CCC1)NCCNC1CCCCCC1. The van der Waals surface area contributed by atoms with Crippen LogP contribution in [0.25, 0.3) is 0 Å². The van der Waals surface area contributed by atoms with E-state index in [1.165, 1.54) is 57.8 Å². The van der Waals surface area contributed by atoms with Crippen molar-refractivity contribution in [3.63, 3.8) is 0 Å². The van der Waals surface area contributed by atoms with Crippen LogP contribution in [0.4, 0.5) is 0 Å². The summed E-state index contributed by atoms with van der Waals surface area (Å²) in [6.45, 7) is 1.72. The molecule has 2 aliphatic rings. The van der Waals surface area contributed by atoms with E-state index in [1.807, 2.05) is 0 Å². The highest BCUT2D eigenvalue weighted by molar-refractivity contribution is 5.85. The van der Waals surface area contributed by atoms with Crippen molar-refractivity contribution < 1.29 is 4.79 Å². The first-order valence-electron chi connectivity index (χ1n) is 8.34. The van der Waals surface area contributed by atoms with Crippen LogP contribution >= 0.6 is 12.4 Å². The van der Waals surface area contributed by atoms with E-state index in [4.69, 9.17) is 0 Å². The Morgan fingerprint density at radius 1 is 0.900 bits per heavy atom. The summed E-state index contributed by atoms with van der Waals surface area (Å²) in [6.07, 6.45) is 14.1. The average Bonchev–Trinajstić information content (AvgIpc) is 2.61. The lowest BCUT2D eigenvalue weighted by Crippen LogP contribution is -2.37. The third-order valence-electron chi connectivity index (χ3n) is 4.74. The van der Waals surface area contributed by atoms with Crippen LogP contribution in [0.2, 0.25) is 0 Å². The van der Waals surface area contributed by atoms with Gasteiger partial charge in [-0.25, -0.2) is 0 Å². The Kier molecular flexibility index (Phi) is 9.28. The molecule has 0 aromatic heterocycles. The predicted octanol–water partition coefficient (Wildman–Crippen LogP) is 3.42. The van der Waals surface area contributed by atoms with Gasteiger partial charge in [0.1, 0.15) is 0 Å². The maximum absolute atomic E-state index is 11.7. The number of nitrogens with one attached hydrogen (secondary N) is 2. The maximum Gasteiger partial charge on any atom is 0.220 e. The predicted molar refractivity (Wildman–Crippen MR) is 86.3 cm³/mol. The molecule has 0 bridgehead atoms.